The van der Waals surface area contributed by atoms with Gasteiger partial charge in [-0.2, -0.15) is 44.6 Å². The Morgan fingerprint density at radius 2 is 1.40 bits per heavy atom. The minimum Gasteiger partial charge on any atom is -0.274 e. The van der Waals surface area contributed by atoms with Gasteiger partial charge in [-0.15, -0.1) is 0 Å². The Bertz CT molecular complexity index is 505. The number of hydrogen-bond acceptors (Lipinski definition) is 1. The average molecular weight is 379 g/mol. The predicted molar refractivity (Wildman–Crippen MR) is 50.8 cm³/mol. The molecular weight excluding hydrogens is 375 g/mol. The van der Waals surface area contributed by atoms with Crippen LogP contribution in [0.25, 0.3) is 0 Å². The summed E-state index contributed by atoms with van der Waals surface area (Å²) in [6.07, 6.45) is -6.15. The second-order valence-corrected chi connectivity index (χ2v) is 4.57. The van der Waals surface area contributed by atoms with Crippen LogP contribution in [0.1, 0.15) is 5.69 Å². The molecule has 0 N–H and O–H groups in total. The monoisotopic (exact) mass is 378 g/mol. The number of nitrogens with zero attached hydrogens (tertiary/aromatic N) is 2. The summed E-state index contributed by atoms with van der Waals surface area (Å²) in [5.41, 5.74) is -1.92. The van der Waals surface area contributed by atoms with Crippen molar-refractivity contribution in [3.63, 3.8) is 0 Å². The minimum absolute atomic E-state index is 0.551. The normalized spacial score (nSPS) is 14.8. The molecule has 1 heterocycles. The van der Waals surface area contributed by atoms with Crippen LogP contribution >= 0.6 is 15.9 Å². The summed E-state index contributed by atoms with van der Waals surface area (Å²) in [5, 5.41) is 2.78. The maximum atomic E-state index is 13.4. The summed E-state index contributed by atoms with van der Waals surface area (Å²) >= 11 is 2.34. The number of aromatic nitrogens is 2. The lowest BCUT2D eigenvalue weighted by Crippen LogP contribution is -2.59. The molecule has 0 atom stereocenters. The number of halogens is 10. The van der Waals surface area contributed by atoms with E-state index < -0.39 is 34.1 Å². The zero-order valence-corrected chi connectivity index (χ0v) is 10.8. The van der Waals surface area contributed by atoms with Gasteiger partial charge in [0.05, 0.1) is 4.47 Å². The number of hydrogen-bond donors (Lipinski definition) is 0. The first-order chi connectivity index (χ1) is 8.66. The molecule has 0 spiro atoms. The Hall–Kier alpha value is -0.940. The summed E-state index contributed by atoms with van der Waals surface area (Å²) in [6.45, 7) is 0. The summed E-state index contributed by atoms with van der Waals surface area (Å²) in [4.78, 5) is 0. The van der Waals surface area contributed by atoms with Gasteiger partial charge in [0.2, 0.25) is 0 Å². The number of alkyl halides is 9. The van der Waals surface area contributed by atoms with E-state index in [0.29, 0.717) is 10.9 Å². The number of rotatable bonds is 3. The molecule has 2 nitrogen and oxygen atoms in total. The Morgan fingerprint density at radius 1 is 0.950 bits per heavy atom. The van der Waals surface area contributed by atoms with Gasteiger partial charge in [-0.25, -0.2) is 0 Å². The predicted octanol–water partition coefficient (Wildman–Crippen LogP) is 4.11. The molecule has 116 valence electrons. The molecule has 0 aliphatic rings. The second-order valence-electron chi connectivity index (χ2n) is 3.72. The summed E-state index contributed by atoms with van der Waals surface area (Å²) in [6, 6.07) is 0. The molecule has 0 saturated carbocycles. The fraction of sp³-hybridized carbons (Fsp3) is 0.625. The van der Waals surface area contributed by atoms with E-state index in [4.69, 9.17) is 0 Å². The first kappa shape index (κ1) is 17.1. The third-order valence-corrected chi connectivity index (χ3v) is 2.81. The van der Waals surface area contributed by atoms with E-state index in [-0.39, 0.29) is 0 Å². The second kappa shape index (κ2) is 4.53. The van der Waals surface area contributed by atoms with E-state index in [2.05, 4.69) is 21.0 Å². The topological polar surface area (TPSA) is 17.8 Å². The van der Waals surface area contributed by atoms with E-state index >= 15 is 0 Å². The van der Waals surface area contributed by atoms with Gasteiger partial charge in [-0.1, -0.05) is 0 Å². The van der Waals surface area contributed by atoms with E-state index in [1.807, 2.05) is 0 Å². The zero-order valence-electron chi connectivity index (χ0n) is 9.25. The van der Waals surface area contributed by atoms with Crippen molar-refractivity contribution in [3.8, 4) is 0 Å². The Morgan fingerprint density at radius 3 is 1.70 bits per heavy atom. The average Bonchev–Trinajstić information content (AvgIpc) is 2.56. The molecule has 0 saturated heterocycles. The first-order valence-electron chi connectivity index (χ1n) is 4.56. The molecule has 0 amide bonds. The third kappa shape index (κ3) is 2.27. The molecule has 1 aromatic heterocycles. The Balaban J connectivity index is 3.43. The van der Waals surface area contributed by atoms with Gasteiger partial charge in [-0.3, -0.25) is 4.68 Å². The molecule has 1 rings (SSSR count). The molecule has 0 bridgehead atoms. The maximum absolute atomic E-state index is 13.4. The molecule has 20 heavy (non-hydrogen) atoms. The van der Waals surface area contributed by atoms with Crippen molar-refractivity contribution in [2.45, 2.75) is 23.9 Å². The molecule has 12 heteroatoms. The Labute approximate surface area is 113 Å². The van der Waals surface area contributed by atoms with Crippen LogP contribution in [0.15, 0.2) is 10.7 Å². The van der Waals surface area contributed by atoms with E-state index in [1.54, 1.807) is 0 Å². The van der Waals surface area contributed by atoms with Crippen molar-refractivity contribution >= 4 is 15.9 Å². The lowest BCUT2D eigenvalue weighted by molar-refractivity contribution is -0.400. The Kier molecular flexibility index (Phi) is 3.88. The molecule has 0 unspecified atom stereocenters. The van der Waals surface area contributed by atoms with Gasteiger partial charge >= 0.3 is 23.9 Å². The van der Waals surface area contributed by atoms with Crippen molar-refractivity contribution < 1.29 is 39.5 Å². The maximum Gasteiger partial charge on any atom is 0.460 e. The molecule has 0 radical (unpaired) electrons. The van der Waals surface area contributed by atoms with Crippen LogP contribution < -0.4 is 0 Å². The van der Waals surface area contributed by atoms with Crippen LogP contribution in [0.3, 0.4) is 0 Å². The van der Waals surface area contributed by atoms with Crippen molar-refractivity contribution in [1.29, 1.82) is 0 Å². The molecule has 0 fully saturated rings. The lowest BCUT2D eigenvalue weighted by Gasteiger charge is -2.32. The van der Waals surface area contributed by atoms with E-state index in [9.17, 15) is 39.5 Å². The van der Waals surface area contributed by atoms with Gasteiger partial charge in [0.1, 0.15) is 0 Å². The fourth-order valence-electron chi connectivity index (χ4n) is 1.20. The van der Waals surface area contributed by atoms with Crippen molar-refractivity contribution in [2.24, 2.45) is 7.05 Å². The van der Waals surface area contributed by atoms with Gasteiger partial charge in [-0.05, 0) is 15.9 Å². The fourth-order valence-corrected chi connectivity index (χ4v) is 1.82. The van der Waals surface area contributed by atoms with Crippen LogP contribution in [-0.2, 0) is 13.0 Å². The van der Waals surface area contributed by atoms with Crippen LogP contribution in [0, 0.1) is 0 Å². The lowest BCUT2D eigenvalue weighted by atomic mass is 10.0. The van der Waals surface area contributed by atoms with Crippen LogP contribution in [-0.4, -0.2) is 27.8 Å². The van der Waals surface area contributed by atoms with Crippen molar-refractivity contribution in [2.75, 3.05) is 0 Å². The standard InChI is InChI=1S/C8H4BrF9N2/c1-20-2-3(9)4(19-20)5(10,11)6(12,13)7(14,15)8(16,17)18/h2H,1H3. The third-order valence-electron chi connectivity index (χ3n) is 2.23. The van der Waals surface area contributed by atoms with Crippen molar-refractivity contribution in [1.82, 2.24) is 9.78 Å². The van der Waals surface area contributed by atoms with Gasteiger partial charge in [0.15, 0.2) is 5.69 Å². The smallest absolute Gasteiger partial charge is 0.274 e. The molecular formula is C8H4BrF9N2. The summed E-state index contributed by atoms with van der Waals surface area (Å²) in [7, 11) is 0.990. The van der Waals surface area contributed by atoms with E-state index in [0.717, 1.165) is 7.05 Å². The summed E-state index contributed by atoms with van der Waals surface area (Å²) < 4.78 is 114. The van der Waals surface area contributed by atoms with Crippen molar-refractivity contribution in [3.05, 3.63) is 16.4 Å². The van der Waals surface area contributed by atoms with Crippen LogP contribution in [0.4, 0.5) is 39.5 Å². The van der Waals surface area contributed by atoms with Gasteiger partial charge in [0.25, 0.3) is 0 Å². The highest BCUT2D eigenvalue weighted by molar-refractivity contribution is 9.10. The highest BCUT2D eigenvalue weighted by Gasteiger charge is 2.82. The summed E-state index contributed by atoms with van der Waals surface area (Å²) in [5.74, 6) is -19.5. The molecule has 1 aromatic rings. The zero-order chi connectivity index (χ0) is 16.1. The van der Waals surface area contributed by atoms with Crippen LogP contribution in [0.5, 0.6) is 0 Å². The minimum atomic E-state index is -6.93. The van der Waals surface area contributed by atoms with Crippen LogP contribution in [0.2, 0.25) is 0 Å². The molecule has 0 aromatic carbocycles. The number of aryl methyl sites for hydroxylation is 1. The molecule has 0 aliphatic carbocycles. The van der Waals surface area contributed by atoms with Gasteiger partial charge < -0.3 is 0 Å². The largest absolute Gasteiger partial charge is 0.460 e. The van der Waals surface area contributed by atoms with Gasteiger partial charge in [0, 0.05) is 13.2 Å². The highest BCUT2D eigenvalue weighted by Crippen LogP contribution is 2.57. The van der Waals surface area contributed by atoms with E-state index in [1.165, 1.54) is 0 Å². The highest BCUT2D eigenvalue weighted by atomic mass is 79.9. The quantitative estimate of drug-likeness (QED) is 0.724. The SMILES string of the molecule is Cn1cc(Br)c(C(F)(F)C(F)(F)C(F)(F)C(F)(F)F)n1. The molecule has 0 aliphatic heterocycles. The first-order valence-corrected chi connectivity index (χ1v) is 5.35.